The molecule has 0 aliphatic carbocycles. The summed E-state index contributed by atoms with van der Waals surface area (Å²) in [5.41, 5.74) is 1.75. The summed E-state index contributed by atoms with van der Waals surface area (Å²) in [6.45, 7) is 3.15. The zero-order valence-electron chi connectivity index (χ0n) is 14.8. The Bertz CT molecular complexity index is 860. The van der Waals surface area contributed by atoms with Crippen LogP contribution in [0.5, 0.6) is 5.75 Å². The number of hydrogen-bond donors (Lipinski definition) is 0. The van der Waals surface area contributed by atoms with Gasteiger partial charge in [0.1, 0.15) is 24.5 Å². The number of nitrogens with zero attached hydrogens (tertiary/aromatic N) is 4. The van der Waals surface area contributed by atoms with Crippen molar-refractivity contribution in [3.05, 3.63) is 84.2 Å². The highest BCUT2D eigenvalue weighted by Gasteiger charge is 2.13. The molecule has 1 heterocycles. The molecular weight excluding hydrogens is 331 g/mol. The van der Waals surface area contributed by atoms with E-state index in [0.717, 1.165) is 23.5 Å². The van der Waals surface area contributed by atoms with Gasteiger partial charge in [-0.15, -0.1) is 0 Å². The molecule has 0 N–H and O–H groups in total. The number of halogens is 1. The maximum atomic E-state index is 13.1. The number of imidazole rings is 1. The van der Waals surface area contributed by atoms with Crippen LogP contribution in [0.4, 0.5) is 4.39 Å². The van der Waals surface area contributed by atoms with E-state index in [1.54, 1.807) is 24.7 Å². The third-order valence-electron chi connectivity index (χ3n) is 3.91. The highest BCUT2D eigenvalue weighted by molar-refractivity contribution is 6.02. The Morgan fingerprint density at radius 3 is 2.65 bits per heavy atom. The number of aromatic nitrogens is 2. The van der Waals surface area contributed by atoms with Gasteiger partial charge in [0.2, 0.25) is 0 Å². The fourth-order valence-electron chi connectivity index (χ4n) is 2.38. The van der Waals surface area contributed by atoms with Crippen LogP contribution < -0.4 is 4.74 Å². The molecule has 0 unspecified atom stereocenters. The van der Waals surface area contributed by atoms with E-state index in [1.165, 1.54) is 12.1 Å². The maximum absolute atomic E-state index is 13.1. The first kappa shape index (κ1) is 17.7. The van der Waals surface area contributed by atoms with E-state index < -0.39 is 0 Å². The zero-order chi connectivity index (χ0) is 18.4. The van der Waals surface area contributed by atoms with Gasteiger partial charge in [-0.3, -0.25) is 9.58 Å². The fraction of sp³-hybridized carbons (Fsp3) is 0.200. The second kappa shape index (κ2) is 8.29. The number of hydrogen-bond acceptors (Lipinski definition) is 4. The molecule has 0 aliphatic rings. The molecule has 5 nitrogen and oxygen atoms in total. The molecular formula is C20H21FN4O. The zero-order valence-corrected chi connectivity index (χ0v) is 14.8. The Balaban J connectivity index is 1.91. The first-order chi connectivity index (χ1) is 12.7. The van der Waals surface area contributed by atoms with Crippen molar-refractivity contribution < 1.29 is 9.13 Å². The molecule has 134 valence electrons. The molecule has 26 heavy (non-hydrogen) atoms. The maximum Gasteiger partial charge on any atom is 0.169 e. The molecule has 3 rings (SSSR count). The van der Waals surface area contributed by atoms with Crippen molar-refractivity contribution in [2.24, 2.45) is 5.10 Å². The average Bonchev–Trinajstić information content (AvgIpc) is 3.20. The summed E-state index contributed by atoms with van der Waals surface area (Å²) in [6, 6.07) is 14.0. The van der Waals surface area contributed by atoms with E-state index in [9.17, 15) is 4.39 Å². The first-order valence-electron chi connectivity index (χ1n) is 8.42. The molecule has 0 saturated carbocycles. The van der Waals surface area contributed by atoms with Gasteiger partial charge in [0.15, 0.2) is 5.84 Å². The highest BCUT2D eigenvalue weighted by Crippen LogP contribution is 2.21. The molecule has 0 fully saturated rings. The Kier molecular flexibility index (Phi) is 5.63. The number of para-hydroxylation sites is 1. The molecule has 1 aromatic heterocycles. The number of ether oxygens (including phenoxy) is 1. The van der Waals surface area contributed by atoms with Crippen molar-refractivity contribution in [3.8, 4) is 5.75 Å². The SMILES string of the molecule is CCN(C)/N=C(\c1ccccc1OCc1ccc(F)cc1)n1ccnc1. The van der Waals surface area contributed by atoms with Gasteiger partial charge in [-0.25, -0.2) is 9.37 Å². The van der Waals surface area contributed by atoms with E-state index >= 15 is 0 Å². The standard InChI is InChI=1S/C20H21FN4O/c1-3-24(2)23-20(25-13-12-22-15-25)18-6-4-5-7-19(18)26-14-16-8-10-17(21)11-9-16/h4-13,15H,3,14H2,1-2H3/b23-20+. The molecule has 2 aromatic carbocycles. The summed E-state index contributed by atoms with van der Waals surface area (Å²) in [6.07, 6.45) is 5.27. The molecule has 6 heteroatoms. The summed E-state index contributed by atoms with van der Waals surface area (Å²) in [5, 5.41) is 6.53. The molecule has 0 atom stereocenters. The normalized spacial score (nSPS) is 11.4. The van der Waals surface area contributed by atoms with Crippen LogP contribution >= 0.6 is 0 Å². The van der Waals surface area contributed by atoms with Gasteiger partial charge in [0.05, 0.1) is 5.56 Å². The van der Waals surface area contributed by atoms with Crippen LogP contribution in [0.25, 0.3) is 0 Å². The molecule has 0 saturated heterocycles. The van der Waals surface area contributed by atoms with Gasteiger partial charge in [-0.1, -0.05) is 24.3 Å². The highest BCUT2D eigenvalue weighted by atomic mass is 19.1. The van der Waals surface area contributed by atoms with E-state index in [2.05, 4.69) is 10.1 Å². The fourth-order valence-corrected chi connectivity index (χ4v) is 2.38. The van der Waals surface area contributed by atoms with Gasteiger partial charge in [0, 0.05) is 26.0 Å². The minimum Gasteiger partial charge on any atom is -0.488 e. The van der Waals surface area contributed by atoms with Crippen LogP contribution in [-0.4, -0.2) is 34.0 Å². The summed E-state index contributed by atoms with van der Waals surface area (Å²) in [5.74, 6) is 1.17. The van der Waals surface area contributed by atoms with Crippen molar-refractivity contribution in [1.82, 2.24) is 14.6 Å². The lowest BCUT2D eigenvalue weighted by Gasteiger charge is -2.17. The van der Waals surface area contributed by atoms with Crippen LogP contribution in [0.3, 0.4) is 0 Å². The third-order valence-corrected chi connectivity index (χ3v) is 3.91. The van der Waals surface area contributed by atoms with Gasteiger partial charge >= 0.3 is 0 Å². The van der Waals surface area contributed by atoms with Gasteiger partial charge in [-0.2, -0.15) is 5.10 Å². The van der Waals surface area contributed by atoms with Crippen molar-refractivity contribution in [2.45, 2.75) is 13.5 Å². The van der Waals surface area contributed by atoms with Crippen molar-refractivity contribution >= 4 is 5.84 Å². The summed E-state index contributed by atoms with van der Waals surface area (Å²) < 4.78 is 20.9. The molecule has 0 bridgehead atoms. The van der Waals surface area contributed by atoms with E-state index in [4.69, 9.17) is 4.74 Å². The largest absolute Gasteiger partial charge is 0.488 e. The lowest BCUT2D eigenvalue weighted by atomic mass is 10.1. The Morgan fingerprint density at radius 1 is 1.19 bits per heavy atom. The Labute approximate surface area is 152 Å². The van der Waals surface area contributed by atoms with E-state index in [1.807, 2.05) is 54.0 Å². The van der Waals surface area contributed by atoms with Crippen molar-refractivity contribution in [2.75, 3.05) is 13.6 Å². The topological polar surface area (TPSA) is 42.6 Å². The third kappa shape index (κ3) is 4.27. The average molecular weight is 352 g/mol. The smallest absolute Gasteiger partial charge is 0.169 e. The molecule has 0 aliphatic heterocycles. The van der Waals surface area contributed by atoms with Crippen LogP contribution in [0.2, 0.25) is 0 Å². The predicted octanol–water partition coefficient (Wildman–Crippen LogP) is 3.76. The van der Waals surface area contributed by atoms with Gasteiger partial charge in [0.25, 0.3) is 0 Å². The van der Waals surface area contributed by atoms with Crippen molar-refractivity contribution in [1.29, 1.82) is 0 Å². The van der Waals surface area contributed by atoms with Gasteiger partial charge in [-0.05, 0) is 36.8 Å². The van der Waals surface area contributed by atoms with E-state index in [-0.39, 0.29) is 5.82 Å². The van der Waals surface area contributed by atoms with Crippen molar-refractivity contribution in [3.63, 3.8) is 0 Å². The number of rotatable bonds is 6. The minimum atomic E-state index is -0.258. The second-order valence-electron chi connectivity index (χ2n) is 5.78. The second-order valence-corrected chi connectivity index (χ2v) is 5.78. The molecule has 0 spiro atoms. The monoisotopic (exact) mass is 352 g/mol. The lowest BCUT2D eigenvalue weighted by molar-refractivity contribution is 0.305. The first-order valence-corrected chi connectivity index (χ1v) is 8.42. The van der Waals surface area contributed by atoms with Crippen LogP contribution in [0.15, 0.2) is 72.4 Å². The van der Waals surface area contributed by atoms with E-state index in [0.29, 0.717) is 12.4 Å². The molecule has 3 aromatic rings. The van der Waals surface area contributed by atoms with Crippen LogP contribution in [-0.2, 0) is 6.61 Å². The quantitative estimate of drug-likeness (QED) is 0.385. The van der Waals surface area contributed by atoms with Gasteiger partial charge < -0.3 is 4.74 Å². The predicted molar refractivity (Wildman–Crippen MR) is 99.6 cm³/mol. The Hall–Kier alpha value is -3.15. The summed E-state index contributed by atoms with van der Waals surface area (Å²) in [4.78, 5) is 4.12. The van der Waals surface area contributed by atoms with Crippen LogP contribution in [0, 0.1) is 5.82 Å². The number of hydrazone groups is 1. The molecule has 0 amide bonds. The lowest BCUT2D eigenvalue weighted by Crippen LogP contribution is -2.20. The van der Waals surface area contributed by atoms with Crippen LogP contribution in [0.1, 0.15) is 18.1 Å². The summed E-state index contributed by atoms with van der Waals surface area (Å²) >= 11 is 0. The molecule has 0 radical (unpaired) electrons. The number of benzene rings is 2. The minimum absolute atomic E-state index is 0.258. The summed E-state index contributed by atoms with van der Waals surface area (Å²) in [7, 11) is 1.92. The Morgan fingerprint density at radius 2 is 1.96 bits per heavy atom.